The Morgan fingerprint density at radius 2 is 1.84 bits per heavy atom. The van der Waals surface area contributed by atoms with Gasteiger partial charge in [0.2, 0.25) is 0 Å². The Hall–Kier alpha value is -1.52. The molecule has 2 N–H and O–H groups in total. The Labute approximate surface area is 120 Å². The molecule has 0 spiro atoms. The van der Waals surface area contributed by atoms with Crippen LogP contribution in [0, 0.1) is 0 Å². The number of rotatable bonds is 4. The van der Waals surface area contributed by atoms with Crippen molar-refractivity contribution in [2.45, 2.75) is 12.5 Å². The summed E-state index contributed by atoms with van der Waals surface area (Å²) in [6, 6.07) is 12.4. The molecule has 2 aromatic rings. The van der Waals surface area contributed by atoms with Crippen molar-refractivity contribution in [3.05, 3.63) is 58.1 Å². The van der Waals surface area contributed by atoms with Crippen molar-refractivity contribution in [3.63, 3.8) is 0 Å². The lowest BCUT2D eigenvalue weighted by Crippen LogP contribution is -2.02. The summed E-state index contributed by atoms with van der Waals surface area (Å²) in [5, 5.41) is 19.4. The first kappa shape index (κ1) is 13.9. The number of hydrogen-bond acceptors (Lipinski definition) is 3. The van der Waals surface area contributed by atoms with E-state index in [4.69, 9.17) is 4.74 Å². The number of aromatic hydroxyl groups is 1. The third kappa shape index (κ3) is 3.49. The summed E-state index contributed by atoms with van der Waals surface area (Å²) < 4.78 is 5.97. The highest BCUT2D eigenvalue weighted by atomic mass is 79.9. The Balaban J connectivity index is 2.13. The molecule has 1 atom stereocenters. The van der Waals surface area contributed by atoms with E-state index in [9.17, 15) is 10.2 Å². The Kier molecular flexibility index (Phi) is 4.45. The van der Waals surface area contributed by atoms with E-state index in [0.29, 0.717) is 6.42 Å². The predicted molar refractivity (Wildman–Crippen MR) is 77.5 cm³/mol. The highest BCUT2D eigenvalue weighted by molar-refractivity contribution is 9.10. The van der Waals surface area contributed by atoms with E-state index in [-0.39, 0.29) is 5.75 Å². The molecule has 0 radical (unpaired) electrons. The van der Waals surface area contributed by atoms with Crippen molar-refractivity contribution < 1.29 is 14.9 Å². The van der Waals surface area contributed by atoms with Crippen LogP contribution in [-0.4, -0.2) is 17.3 Å². The monoisotopic (exact) mass is 322 g/mol. The quantitative estimate of drug-likeness (QED) is 0.906. The summed E-state index contributed by atoms with van der Waals surface area (Å²) in [4.78, 5) is 0. The summed E-state index contributed by atoms with van der Waals surface area (Å²) in [5.74, 6) is 0.964. The number of methoxy groups -OCH3 is 1. The van der Waals surface area contributed by atoms with Gasteiger partial charge in [-0.2, -0.15) is 0 Å². The summed E-state index contributed by atoms with van der Waals surface area (Å²) in [5.41, 5.74) is 1.79. The normalized spacial score (nSPS) is 12.2. The fourth-order valence-corrected chi connectivity index (χ4v) is 2.42. The maximum absolute atomic E-state index is 10.2. The minimum absolute atomic E-state index is 0.227. The Morgan fingerprint density at radius 3 is 2.42 bits per heavy atom. The number of aliphatic hydroxyl groups excluding tert-OH is 1. The van der Waals surface area contributed by atoms with E-state index in [2.05, 4.69) is 15.9 Å². The van der Waals surface area contributed by atoms with Gasteiger partial charge in [-0.1, -0.05) is 18.2 Å². The fraction of sp³-hybridized carbons (Fsp3) is 0.200. The molecule has 4 heteroatoms. The second-order valence-corrected chi connectivity index (χ2v) is 5.13. The SMILES string of the molecule is COc1ccc(C(O)Cc2ccc(O)cc2)cc1Br. The first-order valence-electron chi connectivity index (χ1n) is 5.89. The molecule has 1 unspecified atom stereocenters. The van der Waals surface area contributed by atoms with E-state index >= 15 is 0 Å². The van der Waals surface area contributed by atoms with Crippen molar-refractivity contribution >= 4 is 15.9 Å². The predicted octanol–water partition coefficient (Wildman–Crippen LogP) is 3.44. The van der Waals surface area contributed by atoms with E-state index in [1.54, 1.807) is 31.4 Å². The molecule has 100 valence electrons. The van der Waals surface area contributed by atoms with Crippen LogP contribution in [0.2, 0.25) is 0 Å². The summed E-state index contributed by atoms with van der Waals surface area (Å²) >= 11 is 3.40. The molecule has 0 saturated heterocycles. The molecule has 0 aliphatic rings. The Morgan fingerprint density at radius 1 is 1.16 bits per heavy atom. The lowest BCUT2D eigenvalue weighted by molar-refractivity contribution is 0.178. The van der Waals surface area contributed by atoms with Crippen LogP contribution < -0.4 is 4.74 Å². The van der Waals surface area contributed by atoms with Crippen LogP contribution >= 0.6 is 15.9 Å². The number of halogens is 1. The van der Waals surface area contributed by atoms with E-state index in [1.807, 2.05) is 18.2 Å². The van der Waals surface area contributed by atoms with Crippen LogP contribution in [-0.2, 0) is 6.42 Å². The molecule has 0 heterocycles. The summed E-state index contributed by atoms with van der Waals surface area (Å²) in [6.07, 6.45) is -0.0919. The van der Waals surface area contributed by atoms with Gasteiger partial charge in [0.1, 0.15) is 11.5 Å². The van der Waals surface area contributed by atoms with Crippen LogP contribution in [0.3, 0.4) is 0 Å². The average Bonchev–Trinajstić information content (AvgIpc) is 2.41. The molecular weight excluding hydrogens is 308 g/mol. The first-order valence-corrected chi connectivity index (χ1v) is 6.69. The fourth-order valence-electron chi connectivity index (χ4n) is 1.86. The van der Waals surface area contributed by atoms with Gasteiger partial charge in [0.05, 0.1) is 17.7 Å². The van der Waals surface area contributed by atoms with Gasteiger partial charge in [-0.25, -0.2) is 0 Å². The number of benzene rings is 2. The van der Waals surface area contributed by atoms with Crippen molar-refractivity contribution in [1.82, 2.24) is 0 Å². The molecular formula is C15H15BrO3. The molecule has 0 saturated carbocycles. The Bertz CT molecular complexity index is 552. The molecule has 0 amide bonds. The maximum atomic E-state index is 10.2. The zero-order chi connectivity index (χ0) is 13.8. The number of phenolic OH excluding ortho intramolecular Hbond substituents is 1. The maximum Gasteiger partial charge on any atom is 0.133 e. The third-order valence-corrected chi connectivity index (χ3v) is 3.55. The van der Waals surface area contributed by atoms with Crippen LogP contribution in [0.25, 0.3) is 0 Å². The topological polar surface area (TPSA) is 49.7 Å². The summed E-state index contributed by atoms with van der Waals surface area (Å²) in [6.45, 7) is 0. The number of hydrogen-bond donors (Lipinski definition) is 2. The molecule has 0 fully saturated rings. The zero-order valence-electron chi connectivity index (χ0n) is 10.5. The van der Waals surface area contributed by atoms with Crippen LogP contribution in [0.5, 0.6) is 11.5 Å². The van der Waals surface area contributed by atoms with E-state index in [1.165, 1.54) is 0 Å². The van der Waals surface area contributed by atoms with Gasteiger partial charge >= 0.3 is 0 Å². The lowest BCUT2D eigenvalue weighted by atomic mass is 10.0. The largest absolute Gasteiger partial charge is 0.508 e. The van der Waals surface area contributed by atoms with Gasteiger partial charge in [-0.15, -0.1) is 0 Å². The van der Waals surface area contributed by atoms with Crippen LogP contribution in [0.1, 0.15) is 17.2 Å². The first-order chi connectivity index (χ1) is 9.10. The zero-order valence-corrected chi connectivity index (χ0v) is 12.1. The summed E-state index contributed by atoms with van der Waals surface area (Å²) in [7, 11) is 1.60. The molecule has 0 bridgehead atoms. The standard InChI is InChI=1S/C15H15BrO3/c1-19-15-7-4-11(9-13(15)16)14(18)8-10-2-5-12(17)6-3-10/h2-7,9,14,17-18H,8H2,1H3. The third-order valence-electron chi connectivity index (χ3n) is 2.93. The highest BCUT2D eigenvalue weighted by Gasteiger charge is 2.11. The van der Waals surface area contributed by atoms with Gasteiger partial charge in [0, 0.05) is 6.42 Å². The number of ether oxygens (including phenoxy) is 1. The smallest absolute Gasteiger partial charge is 0.133 e. The van der Waals surface area contributed by atoms with Crippen LogP contribution in [0.4, 0.5) is 0 Å². The second kappa shape index (κ2) is 6.08. The van der Waals surface area contributed by atoms with Crippen molar-refractivity contribution in [2.75, 3.05) is 7.11 Å². The minimum Gasteiger partial charge on any atom is -0.508 e. The van der Waals surface area contributed by atoms with Crippen molar-refractivity contribution in [1.29, 1.82) is 0 Å². The molecule has 19 heavy (non-hydrogen) atoms. The molecule has 0 aliphatic carbocycles. The number of phenols is 1. The number of aliphatic hydroxyl groups is 1. The minimum atomic E-state index is -0.591. The van der Waals surface area contributed by atoms with Crippen molar-refractivity contribution in [2.24, 2.45) is 0 Å². The van der Waals surface area contributed by atoms with Gasteiger partial charge < -0.3 is 14.9 Å². The molecule has 0 aromatic heterocycles. The van der Waals surface area contributed by atoms with Gasteiger partial charge in [0.15, 0.2) is 0 Å². The second-order valence-electron chi connectivity index (χ2n) is 4.28. The van der Waals surface area contributed by atoms with E-state index in [0.717, 1.165) is 21.3 Å². The molecule has 2 aromatic carbocycles. The molecule has 2 rings (SSSR count). The van der Waals surface area contributed by atoms with Gasteiger partial charge in [-0.3, -0.25) is 0 Å². The average molecular weight is 323 g/mol. The molecule has 0 aliphatic heterocycles. The van der Waals surface area contributed by atoms with Gasteiger partial charge in [-0.05, 0) is 51.3 Å². The van der Waals surface area contributed by atoms with E-state index < -0.39 is 6.10 Å². The molecule has 3 nitrogen and oxygen atoms in total. The lowest BCUT2D eigenvalue weighted by Gasteiger charge is -2.13. The van der Waals surface area contributed by atoms with Crippen molar-refractivity contribution in [3.8, 4) is 11.5 Å². The highest BCUT2D eigenvalue weighted by Crippen LogP contribution is 2.29. The van der Waals surface area contributed by atoms with Gasteiger partial charge in [0.25, 0.3) is 0 Å². The van der Waals surface area contributed by atoms with Crippen LogP contribution in [0.15, 0.2) is 46.9 Å².